The fourth-order valence-electron chi connectivity index (χ4n) is 1.68. The molecule has 0 saturated carbocycles. The third-order valence-corrected chi connectivity index (χ3v) is 4.03. The second-order valence-corrected chi connectivity index (χ2v) is 6.29. The van der Waals surface area contributed by atoms with Crippen molar-refractivity contribution >= 4 is 38.6 Å². The van der Waals surface area contributed by atoms with Crippen LogP contribution in [-0.4, -0.2) is 7.05 Å². The van der Waals surface area contributed by atoms with Crippen molar-refractivity contribution in [1.82, 2.24) is 0 Å². The van der Waals surface area contributed by atoms with Gasteiger partial charge >= 0.3 is 0 Å². The van der Waals surface area contributed by atoms with Gasteiger partial charge in [0, 0.05) is 11.9 Å². The van der Waals surface area contributed by atoms with Crippen LogP contribution in [-0.2, 0) is 6.54 Å². The molecule has 0 aliphatic rings. The molecule has 2 rings (SSSR count). The number of benzene rings is 1. The normalized spacial score (nSPS) is 10.5. The Morgan fingerprint density at radius 2 is 2.12 bits per heavy atom. The number of rotatable bonds is 3. The average Bonchev–Trinajstić information content (AvgIpc) is 2.63. The van der Waals surface area contributed by atoms with Crippen molar-refractivity contribution in [2.75, 3.05) is 17.7 Å². The number of para-hydroxylation sites is 1. The van der Waals surface area contributed by atoms with E-state index in [0.29, 0.717) is 17.9 Å². The van der Waals surface area contributed by atoms with Crippen molar-refractivity contribution in [2.45, 2.75) is 6.54 Å². The zero-order chi connectivity index (χ0) is 12.4. The van der Waals surface area contributed by atoms with Crippen LogP contribution in [0, 0.1) is 5.82 Å². The van der Waals surface area contributed by atoms with Gasteiger partial charge in [0.25, 0.3) is 0 Å². The first-order chi connectivity index (χ1) is 8.08. The first kappa shape index (κ1) is 12.4. The molecule has 0 saturated heterocycles. The van der Waals surface area contributed by atoms with Gasteiger partial charge in [0.2, 0.25) is 0 Å². The molecule has 0 aliphatic heterocycles. The largest absolute Gasteiger partial charge is 0.397 e. The molecule has 1 heterocycles. The number of hydrogen-bond acceptors (Lipinski definition) is 3. The van der Waals surface area contributed by atoms with Crippen molar-refractivity contribution in [2.24, 2.45) is 0 Å². The highest BCUT2D eigenvalue weighted by Gasteiger charge is 2.12. The summed E-state index contributed by atoms with van der Waals surface area (Å²) >= 11 is 5.04. The van der Waals surface area contributed by atoms with Crippen molar-refractivity contribution < 1.29 is 4.39 Å². The Morgan fingerprint density at radius 1 is 1.35 bits per heavy atom. The van der Waals surface area contributed by atoms with Crippen LogP contribution in [0.2, 0.25) is 0 Å². The molecule has 90 valence electrons. The van der Waals surface area contributed by atoms with E-state index in [2.05, 4.69) is 15.9 Å². The molecule has 17 heavy (non-hydrogen) atoms. The summed E-state index contributed by atoms with van der Waals surface area (Å²) < 4.78 is 14.8. The third-order valence-electron chi connectivity index (χ3n) is 2.42. The lowest BCUT2D eigenvalue weighted by Gasteiger charge is -2.20. The second-order valence-electron chi connectivity index (χ2n) is 3.74. The predicted molar refractivity (Wildman–Crippen MR) is 74.9 cm³/mol. The molecule has 0 fully saturated rings. The lowest BCUT2D eigenvalue weighted by Crippen LogP contribution is -2.18. The first-order valence-electron chi connectivity index (χ1n) is 5.07. The summed E-state index contributed by atoms with van der Waals surface area (Å²) in [6.45, 7) is 0.640. The van der Waals surface area contributed by atoms with E-state index in [0.717, 1.165) is 8.66 Å². The van der Waals surface area contributed by atoms with Crippen LogP contribution in [0.5, 0.6) is 0 Å². The van der Waals surface area contributed by atoms with E-state index in [1.54, 1.807) is 23.5 Å². The number of thiophene rings is 1. The lowest BCUT2D eigenvalue weighted by molar-refractivity contribution is 0.623. The molecule has 2 aromatic rings. The van der Waals surface area contributed by atoms with E-state index >= 15 is 0 Å². The molecule has 0 amide bonds. The minimum absolute atomic E-state index is 0.289. The molecule has 2 N–H and O–H groups in total. The van der Waals surface area contributed by atoms with E-state index in [1.165, 1.54) is 6.07 Å². The highest BCUT2D eigenvalue weighted by molar-refractivity contribution is 9.11. The Morgan fingerprint density at radius 3 is 2.71 bits per heavy atom. The molecule has 0 spiro atoms. The summed E-state index contributed by atoms with van der Waals surface area (Å²) in [6.07, 6.45) is 0. The maximum Gasteiger partial charge on any atom is 0.148 e. The van der Waals surface area contributed by atoms with Gasteiger partial charge in [-0.15, -0.1) is 11.3 Å². The highest BCUT2D eigenvalue weighted by atomic mass is 79.9. The van der Waals surface area contributed by atoms with E-state index in [1.807, 2.05) is 24.1 Å². The van der Waals surface area contributed by atoms with Gasteiger partial charge < -0.3 is 10.6 Å². The SMILES string of the molecule is CN(Cc1ccc(Br)s1)c1c(N)cccc1F. The number of hydrogen-bond donors (Lipinski definition) is 1. The molecule has 5 heteroatoms. The topological polar surface area (TPSA) is 29.3 Å². The summed E-state index contributed by atoms with van der Waals surface area (Å²) in [5.41, 5.74) is 6.71. The van der Waals surface area contributed by atoms with E-state index in [-0.39, 0.29) is 5.82 Å². The number of nitrogens with two attached hydrogens (primary N) is 1. The zero-order valence-corrected chi connectivity index (χ0v) is 11.7. The van der Waals surface area contributed by atoms with Gasteiger partial charge in [0.1, 0.15) is 5.82 Å². The van der Waals surface area contributed by atoms with Crippen molar-refractivity contribution in [3.63, 3.8) is 0 Å². The van der Waals surface area contributed by atoms with Crippen molar-refractivity contribution in [3.05, 3.63) is 44.8 Å². The fourth-order valence-corrected chi connectivity index (χ4v) is 3.22. The summed E-state index contributed by atoms with van der Waals surface area (Å²) in [7, 11) is 1.84. The van der Waals surface area contributed by atoms with E-state index in [9.17, 15) is 4.39 Å². The Kier molecular flexibility index (Phi) is 3.69. The quantitative estimate of drug-likeness (QED) is 0.871. The number of nitrogen functional groups attached to an aromatic ring is 1. The monoisotopic (exact) mass is 314 g/mol. The fraction of sp³-hybridized carbons (Fsp3) is 0.167. The van der Waals surface area contributed by atoms with Crippen molar-refractivity contribution in [3.8, 4) is 0 Å². The van der Waals surface area contributed by atoms with Crippen LogP contribution in [0.1, 0.15) is 4.88 Å². The lowest BCUT2D eigenvalue weighted by atomic mass is 10.2. The molecule has 1 aromatic heterocycles. The van der Waals surface area contributed by atoms with Crippen LogP contribution >= 0.6 is 27.3 Å². The van der Waals surface area contributed by atoms with Crippen LogP contribution in [0.15, 0.2) is 34.1 Å². The smallest absolute Gasteiger partial charge is 0.148 e. The summed E-state index contributed by atoms with van der Waals surface area (Å²) in [4.78, 5) is 2.98. The number of halogens is 2. The molecule has 0 bridgehead atoms. The summed E-state index contributed by atoms with van der Waals surface area (Å²) in [5, 5.41) is 0. The molecule has 0 radical (unpaired) electrons. The van der Waals surface area contributed by atoms with Gasteiger partial charge in [-0.05, 0) is 40.2 Å². The first-order valence-corrected chi connectivity index (χ1v) is 6.68. The molecular weight excluding hydrogens is 303 g/mol. The van der Waals surface area contributed by atoms with Crippen LogP contribution in [0.4, 0.5) is 15.8 Å². The molecule has 0 atom stereocenters. The van der Waals surface area contributed by atoms with Crippen LogP contribution in [0.25, 0.3) is 0 Å². The van der Waals surface area contributed by atoms with Gasteiger partial charge in [-0.3, -0.25) is 0 Å². The standard InChI is InChI=1S/C12H12BrFN2S/c1-16(7-8-5-6-11(13)17-8)12-9(14)3-2-4-10(12)15/h2-6H,7,15H2,1H3. The minimum atomic E-state index is -0.289. The molecule has 0 unspecified atom stereocenters. The summed E-state index contributed by atoms with van der Waals surface area (Å²) in [6, 6.07) is 8.75. The van der Waals surface area contributed by atoms with Gasteiger partial charge in [-0.25, -0.2) is 4.39 Å². The minimum Gasteiger partial charge on any atom is -0.397 e. The van der Waals surface area contributed by atoms with Crippen LogP contribution in [0.3, 0.4) is 0 Å². The zero-order valence-electron chi connectivity index (χ0n) is 9.28. The predicted octanol–water partition coefficient (Wildman–Crippen LogP) is 3.87. The molecule has 2 nitrogen and oxygen atoms in total. The maximum atomic E-state index is 13.7. The highest BCUT2D eigenvalue weighted by Crippen LogP contribution is 2.29. The molecule has 1 aromatic carbocycles. The van der Waals surface area contributed by atoms with E-state index in [4.69, 9.17) is 5.73 Å². The number of nitrogens with zero attached hydrogens (tertiary/aromatic N) is 1. The second kappa shape index (κ2) is 5.06. The Hall–Kier alpha value is -1.07. The van der Waals surface area contributed by atoms with Crippen LogP contribution < -0.4 is 10.6 Å². The molecule has 0 aliphatic carbocycles. The van der Waals surface area contributed by atoms with Gasteiger partial charge in [-0.2, -0.15) is 0 Å². The average molecular weight is 315 g/mol. The maximum absolute atomic E-state index is 13.7. The molecular formula is C12H12BrFN2S. The Labute approximate surface area is 112 Å². The van der Waals surface area contributed by atoms with Gasteiger partial charge in [0.15, 0.2) is 0 Å². The Bertz CT molecular complexity index is 507. The van der Waals surface area contributed by atoms with E-state index < -0.39 is 0 Å². The van der Waals surface area contributed by atoms with Gasteiger partial charge in [-0.1, -0.05) is 6.07 Å². The Balaban J connectivity index is 2.22. The van der Waals surface area contributed by atoms with Gasteiger partial charge in [0.05, 0.1) is 21.7 Å². The van der Waals surface area contributed by atoms with Crippen molar-refractivity contribution in [1.29, 1.82) is 0 Å². The summed E-state index contributed by atoms with van der Waals surface area (Å²) in [5.74, 6) is -0.289. The number of anilines is 2. The third kappa shape index (κ3) is 2.79.